The third kappa shape index (κ3) is 6.93. The van der Waals surface area contributed by atoms with E-state index in [0.29, 0.717) is 12.4 Å². The molecule has 1 aliphatic heterocycles. The van der Waals surface area contributed by atoms with Crippen molar-refractivity contribution in [1.82, 2.24) is 10.2 Å². The van der Waals surface area contributed by atoms with E-state index >= 15 is 0 Å². The Labute approximate surface area is 251 Å². The lowest BCUT2D eigenvalue weighted by Gasteiger charge is -2.33. The Morgan fingerprint density at radius 1 is 0.977 bits per heavy atom. The quantitative estimate of drug-likeness (QED) is 0.361. The van der Waals surface area contributed by atoms with Gasteiger partial charge in [0.25, 0.3) is 10.0 Å². The maximum absolute atomic E-state index is 14.1. The molecule has 1 fully saturated rings. The van der Waals surface area contributed by atoms with Crippen molar-refractivity contribution in [2.75, 3.05) is 24.1 Å². The molecule has 1 saturated carbocycles. The Balaban J connectivity index is 1.49. The molecule has 1 aliphatic carbocycles. The lowest BCUT2D eigenvalue weighted by Crippen LogP contribution is -2.52. The van der Waals surface area contributed by atoms with Crippen molar-refractivity contribution in [3.8, 4) is 11.5 Å². The first-order valence-corrected chi connectivity index (χ1v) is 15.9. The summed E-state index contributed by atoms with van der Waals surface area (Å²) in [6, 6.07) is 15.8. The number of carbonyl (C=O) groups excluding carboxylic acids is 2. The van der Waals surface area contributed by atoms with Crippen LogP contribution in [0.3, 0.4) is 0 Å². The van der Waals surface area contributed by atoms with E-state index in [1.54, 1.807) is 6.92 Å². The summed E-state index contributed by atoms with van der Waals surface area (Å²) in [5, 5.41) is 3.06. The van der Waals surface area contributed by atoms with Crippen molar-refractivity contribution in [2.45, 2.75) is 63.1 Å². The molecular formula is C32H36FN3O6S. The van der Waals surface area contributed by atoms with E-state index in [2.05, 4.69) is 5.32 Å². The Hall–Kier alpha value is -4.12. The lowest BCUT2D eigenvalue weighted by molar-refractivity contribution is -0.139. The van der Waals surface area contributed by atoms with Crippen LogP contribution >= 0.6 is 0 Å². The highest BCUT2D eigenvalue weighted by molar-refractivity contribution is 7.92. The fraction of sp³-hybridized carbons (Fsp3) is 0.375. The summed E-state index contributed by atoms with van der Waals surface area (Å²) in [7, 11) is -4.35. The topological polar surface area (TPSA) is 105 Å². The van der Waals surface area contributed by atoms with E-state index in [1.807, 2.05) is 31.2 Å². The van der Waals surface area contributed by atoms with Crippen molar-refractivity contribution in [1.29, 1.82) is 0 Å². The van der Waals surface area contributed by atoms with Crippen LogP contribution < -0.4 is 19.1 Å². The summed E-state index contributed by atoms with van der Waals surface area (Å²) in [6.45, 7) is 3.67. The second kappa shape index (κ2) is 13.0. The molecule has 1 heterocycles. The maximum Gasteiger partial charge on any atom is 0.264 e. The third-order valence-corrected chi connectivity index (χ3v) is 9.74. The second-order valence-corrected chi connectivity index (χ2v) is 12.8. The fourth-order valence-corrected chi connectivity index (χ4v) is 6.82. The second-order valence-electron chi connectivity index (χ2n) is 10.9. The number of ether oxygens (including phenoxy) is 2. The molecule has 1 atom stereocenters. The van der Waals surface area contributed by atoms with Crippen molar-refractivity contribution >= 4 is 27.5 Å². The summed E-state index contributed by atoms with van der Waals surface area (Å²) in [5.74, 6) is -0.734. The molecular weight excluding hydrogens is 573 g/mol. The monoisotopic (exact) mass is 609 g/mol. The van der Waals surface area contributed by atoms with Crippen molar-refractivity contribution in [3.05, 3.63) is 83.7 Å². The third-order valence-electron chi connectivity index (χ3n) is 7.97. The fourth-order valence-electron chi connectivity index (χ4n) is 5.39. The van der Waals surface area contributed by atoms with Crippen LogP contribution in [-0.2, 0) is 26.2 Å². The molecule has 1 N–H and O–H groups in total. The zero-order chi connectivity index (χ0) is 30.6. The Morgan fingerprint density at radius 3 is 2.35 bits per heavy atom. The van der Waals surface area contributed by atoms with Gasteiger partial charge in [-0.2, -0.15) is 0 Å². The molecule has 5 rings (SSSR count). The van der Waals surface area contributed by atoms with E-state index in [9.17, 15) is 22.4 Å². The van der Waals surface area contributed by atoms with Crippen molar-refractivity contribution in [2.24, 2.45) is 0 Å². The summed E-state index contributed by atoms with van der Waals surface area (Å²) in [5.41, 5.74) is 1.87. The number of nitrogens with zero attached hydrogens (tertiary/aromatic N) is 2. The average molecular weight is 610 g/mol. The van der Waals surface area contributed by atoms with Gasteiger partial charge in [0.2, 0.25) is 11.8 Å². The molecule has 11 heteroatoms. The van der Waals surface area contributed by atoms with Crippen LogP contribution in [0, 0.1) is 12.7 Å². The van der Waals surface area contributed by atoms with Gasteiger partial charge in [0.05, 0.1) is 10.6 Å². The SMILES string of the molecule is Cc1ccccc1CN(C(=O)CN(c1ccc(F)cc1)S(=O)(=O)c1ccc2c(c1)OCCO2)C(C)C(=O)NC1CCCC1. The maximum atomic E-state index is 14.1. The first-order valence-electron chi connectivity index (χ1n) is 14.5. The molecule has 0 aromatic heterocycles. The normalized spacial score (nSPS) is 15.5. The highest BCUT2D eigenvalue weighted by atomic mass is 32.2. The molecule has 9 nitrogen and oxygen atoms in total. The van der Waals surface area contributed by atoms with Gasteiger partial charge in [-0.05, 0) is 74.2 Å². The zero-order valence-electron chi connectivity index (χ0n) is 24.3. The number of aryl methyl sites for hydroxylation is 1. The molecule has 2 aliphatic rings. The number of hydrogen-bond acceptors (Lipinski definition) is 6. The Morgan fingerprint density at radius 2 is 1.65 bits per heavy atom. The number of sulfonamides is 1. The molecule has 0 radical (unpaired) electrons. The molecule has 3 aromatic carbocycles. The van der Waals surface area contributed by atoms with E-state index < -0.39 is 34.3 Å². The standard InChI is InChI=1S/C32H36FN3O6S/c1-22-7-3-4-8-24(22)20-35(23(2)32(38)34-26-9-5-6-10-26)31(37)21-36(27-13-11-25(33)12-14-27)43(39,40)28-15-16-29-30(19-28)42-18-17-41-29/h3-4,7-8,11-16,19,23,26H,5-6,9-10,17-18,20-21H2,1-2H3,(H,34,38). The van der Waals surface area contributed by atoms with Crippen molar-refractivity contribution in [3.63, 3.8) is 0 Å². The van der Waals surface area contributed by atoms with Crippen LogP contribution in [0.25, 0.3) is 0 Å². The van der Waals surface area contributed by atoms with Gasteiger partial charge in [0.1, 0.15) is 31.6 Å². The van der Waals surface area contributed by atoms with Crippen LogP contribution in [0.5, 0.6) is 11.5 Å². The minimum absolute atomic E-state index is 0.0525. The number of anilines is 1. The molecule has 0 saturated heterocycles. The van der Waals surface area contributed by atoms with Gasteiger partial charge >= 0.3 is 0 Å². The van der Waals surface area contributed by atoms with E-state index in [0.717, 1.165) is 53.2 Å². The van der Waals surface area contributed by atoms with Gasteiger partial charge in [-0.25, -0.2) is 12.8 Å². The van der Waals surface area contributed by atoms with Gasteiger partial charge in [0, 0.05) is 18.7 Å². The van der Waals surface area contributed by atoms with Crippen LogP contribution in [-0.4, -0.2) is 57.0 Å². The van der Waals surface area contributed by atoms with Crippen LogP contribution in [0.15, 0.2) is 71.6 Å². The minimum Gasteiger partial charge on any atom is -0.486 e. The van der Waals surface area contributed by atoms with Crippen LogP contribution in [0.1, 0.15) is 43.7 Å². The van der Waals surface area contributed by atoms with Gasteiger partial charge in [-0.3, -0.25) is 13.9 Å². The summed E-state index contributed by atoms with van der Waals surface area (Å²) < 4.78 is 54.1. The predicted molar refractivity (Wildman–Crippen MR) is 160 cm³/mol. The highest BCUT2D eigenvalue weighted by Gasteiger charge is 2.34. The molecule has 1 unspecified atom stereocenters. The molecule has 0 spiro atoms. The number of nitrogens with one attached hydrogen (secondary N) is 1. The summed E-state index contributed by atoms with van der Waals surface area (Å²) in [4.78, 5) is 28.8. The van der Waals surface area contributed by atoms with Gasteiger partial charge in [-0.15, -0.1) is 0 Å². The predicted octanol–water partition coefficient (Wildman–Crippen LogP) is 4.58. The first kappa shape index (κ1) is 30.3. The molecule has 3 aromatic rings. The minimum atomic E-state index is -4.35. The van der Waals surface area contributed by atoms with E-state index in [-0.39, 0.29) is 41.4 Å². The first-order chi connectivity index (χ1) is 20.6. The van der Waals surface area contributed by atoms with E-state index in [1.165, 1.54) is 35.2 Å². The van der Waals surface area contributed by atoms with Gasteiger partial charge < -0.3 is 19.7 Å². The zero-order valence-corrected chi connectivity index (χ0v) is 25.1. The number of fused-ring (bicyclic) bond motifs is 1. The molecule has 0 bridgehead atoms. The lowest BCUT2D eigenvalue weighted by atomic mass is 10.1. The molecule has 228 valence electrons. The van der Waals surface area contributed by atoms with Crippen molar-refractivity contribution < 1.29 is 31.9 Å². The average Bonchev–Trinajstić information content (AvgIpc) is 3.52. The summed E-state index contributed by atoms with van der Waals surface area (Å²) >= 11 is 0. The highest BCUT2D eigenvalue weighted by Crippen LogP contribution is 2.34. The Bertz CT molecular complexity index is 1570. The molecule has 2 amide bonds. The largest absolute Gasteiger partial charge is 0.486 e. The van der Waals surface area contributed by atoms with E-state index in [4.69, 9.17) is 9.47 Å². The van der Waals surface area contributed by atoms with Gasteiger partial charge in [-0.1, -0.05) is 37.1 Å². The van der Waals surface area contributed by atoms with Gasteiger partial charge in [0.15, 0.2) is 11.5 Å². The van der Waals surface area contributed by atoms with Crippen LogP contribution in [0.2, 0.25) is 0 Å². The number of halogens is 1. The summed E-state index contributed by atoms with van der Waals surface area (Å²) in [6.07, 6.45) is 3.84. The molecule has 43 heavy (non-hydrogen) atoms. The number of carbonyl (C=O) groups is 2. The van der Waals surface area contributed by atoms with Crippen LogP contribution in [0.4, 0.5) is 10.1 Å². The number of benzene rings is 3. The number of rotatable bonds is 10. The smallest absolute Gasteiger partial charge is 0.264 e. The number of hydrogen-bond donors (Lipinski definition) is 1. The Kier molecular flexibility index (Phi) is 9.19. The number of amides is 2.